The Morgan fingerprint density at radius 2 is 1.96 bits per heavy atom. The summed E-state index contributed by atoms with van der Waals surface area (Å²) < 4.78 is 0. The first-order valence-electron chi connectivity index (χ1n) is 10.00. The monoisotopic (exact) mass is 365 g/mol. The lowest BCUT2D eigenvalue weighted by Gasteiger charge is -2.33. The van der Waals surface area contributed by atoms with Crippen LogP contribution in [0.4, 0.5) is 5.95 Å². The van der Waals surface area contributed by atoms with Crippen molar-refractivity contribution in [3.8, 4) is 11.1 Å². The van der Waals surface area contributed by atoms with E-state index >= 15 is 0 Å². The highest BCUT2D eigenvalue weighted by Crippen LogP contribution is 2.34. The van der Waals surface area contributed by atoms with E-state index in [2.05, 4.69) is 16.0 Å². The third-order valence-electron chi connectivity index (χ3n) is 5.67. The zero-order chi connectivity index (χ0) is 18.6. The third-order valence-corrected chi connectivity index (χ3v) is 5.67. The van der Waals surface area contributed by atoms with Gasteiger partial charge in [0.15, 0.2) is 0 Å². The van der Waals surface area contributed by atoms with Crippen LogP contribution in [0.2, 0.25) is 0 Å². The van der Waals surface area contributed by atoms with Gasteiger partial charge in [0.05, 0.1) is 5.69 Å². The molecule has 0 aromatic carbocycles. The van der Waals surface area contributed by atoms with Crippen LogP contribution in [-0.4, -0.2) is 51.9 Å². The van der Waals surface area contributed by atoms with Crippen molar-refractivity contribution in [1.29, 1.82) is 0 Å². The van der Waals surface area contributed by atoms with Crippen LogP contribution in [0, 0.1) is 0 Å². The summed E-state index contributed by atoms with van der Waals surface area (Å²) in [5, 5.41) is 0. The molecule has 4 rings (SSSR count). The largest absolute Gasteiger partial charge is 0.342 e. The SMILES string of the molecule is CC(=O)N1CCC[C@H](c2nc(N3CCCCC3)ncc2-c2cccnc2)C1. The maximum atomic E-state index is 11.9. The molecule has 0 saturated carbocycles. The summed E-state index contributed by atoms with van der Waals surface area (Å²) in [6, 6.07) is 4.00. The van der Waals surface area contributed by atoms with Gasteiger partial charge in [-0.3, -0.25) is 9.78 Å². The first kappa shape index (κ1) is 17.9. The van der Waals surface area contributed by atoms with Gasteiger partial charge in [-0.05, 0) is 38.2 Å². The second kappa shape index (κ2) is 8.03. The molecule has 0 aliphatic carbocycles. The summed E-state index contributed by atoms with van der Waals surface area (Å²) in [6.07, 6.45) is 11.4. The molecule has 2 saturated heterocycles. The van der Waals surface area contributed by atoms with Crippen molar-refractivity contribution in [2.24, 2.45) is 0 Å². The van der Waals surface area contributed by atoms with Crippen molar-refractivity contribution in [2.75, 3.05) is 31.1 Å². The number of pyridine rings is 1. The molecule has 1 amide bonds. The van der Waals surface area contributed by atoms with Crippen molar-refractivity contribution in [2.45, 2.75) is 44.9 Å². The maximum Gasteiger partial charge on any atom is 0.225 e. The van der Waals surface area contributed by atoms with Crippen LogP contribution in [0.15, 0.2) is 30.7 Å². The molecule has 6 heteroatoms. The second-order valence-electron chi connectivity index (χ2n) is 7.56. The van der Waals surface area contributed by atoms with Crippen LogP contribution in [0.25, 0.3) is 11.1 Å². The minimum Gasteiger partial charge on any atom is -0.342 e. The summed E-state index contributed by atoms with van der Waals surface area (Å²) in [6.45, 7) is 5.28. The first-order chi connectivity index (χ1) is 13.2. The second-order valence-corrected chi connectivity index (χ2v) is 7.56. The summed E-state index contributed by atoms with van der Waals surface area (Å²) in [5.74, 6) is 1.22. The molecule has 0 bridgehead atoms. The number of nitrogens with zero attached hydrogens (tertiary/aromatic N) is 5. The Bertz CT molecular complexity index is 788. The lowest BCUT2D eigenvalue weighted by Crippen LogP contribution is -2.38. The molecule has 2 aliphatic rings. The van der Waals surface area contributed by atoms with Crippen LogP contribution in [0.5, 0.6) is 0 Å². The number of hydrogen-bond acceptors (Lipinski definition) is 5. The summed E-state index contributed by atoms with van der Waals surface area (Å²) in [7, 11) is 0. The quantitative estimate of drug-likeness (QED) is 0.835. The number of amides is 1. The number of hydrogen-bond donors (Lipinski definition) is 0. The van der Waals surface area contributed by atoms with Gasteiger partial charge < -0.3 is 9.80 Å². The number of carbonyl (C=O) groups is 1. The van der Waals surface area contributed by atoms with Gasteiger partial charge in [0.2, 0.25) is 11.9 Å². The summed E-state index contributed by atoms with van der Waals surface area (Å²) >= 11 is 0. The van der Waals surface area contributed by atoms with Gasteiger partial charge in [0.25, 0.3) is 0 Å². The van der Waals surface area contributed by atoms with E-state index in [4.69, 9.17) is 9.97 Å². The molecule has 2 aliphatic heterocycles. The Morgan fingerprint density at radius 3 is 2.70 bits per heavy atom. The summed E-state index contributed by atoms with van der Waals surface area (Å²) in [4.78, 5) is 30.2. The predicted molar refractivity (Wildman–Crippen MR) is 106 cm³/mol. The van der Waals surface area contributed by atoms with E-state index in [-0.39, 0.29) is 11.8 Å². The minimum atomic E-state index is 0.146. The zero-order valence-electron chi connectivity index (χ0n) is 16.0. The smallest absolute Gasteiger partial charge is 0.225 e. The highest BCUT2D eigenvalue weighted by atomic mass is 16.2. The van der Waals surface area contributed by atoms with E-state index < -0.39 is 0 Å². The Labute approximate surface area is 160 Å². The molecule has 0 radical (unpaired) electrons. The topological polar surface area (TPSA) is 62.2 Å². The Hall–Kier alpha value is -2.50. The molecule has 2 aromatic rings. The average molecular weight is 365 g/mol. The Balaban J connectivity index is 1.72. The standard InChI is InChI=1S/C21H27N5O/c1-16(27)26-12-6-8-18(15-26)20-19(17-7-5-9-22-13-17)14-23-21(24-20)25-10-3-2-4-11-25/h5,7,9,13-14,18H,2-4,6,8,10-12,15H2,1H3/t18-/m0/s1. The van der Waals surface area contributed by atoms with Crippen LogP contribution in [-0.2, 0) is 4.79 Å². The van der Waals surface area contributed by atoms with Crippen LogP contribution in [0.1, 0.15) is 50.6 Å². The van der Waals surface area contributed by atoms with E-state index in [1.807, 2.05) is 23.4 Å². The number of piperidine rings is 2. The van der Waals surface area contributed by atoms with Crippen molar-refractivity contribution >= 4 is 11.9 Å². The fourth-order valence-corrected chi connectivity index (χ4v) is 4.17. The molecule has 4 heterocycles. The molecule has 0 N–H and O–H groups in total. The van der Waals surface area contributed by atoms with Gasteiger partial charge in [-0.2, -0.15) is 0 Å². The van der Waals surface area contributed by atoms with Crippen LogP contribution in [0.3, 0.4) is 0 Å². The maximum absolute atomic E-state index is 11.9. The lowest BCUT2D eigenvalue weighted by atomic mass is 9.90. The van der Waals surface area contributed by atoms with Gasteiger partial charge in [-0.1, -0.05) is 6.07 Å². The fraction of sp³-hybridized carbons (Fsp3) is 0.524. The van der Waals surface area contributed by atoms with Crippen molar-refractivity contribution in [3.05, 3.63) is 36.4 Å². The molecule has 2 aromatic heterocycles. The molecular formula is C21H27N5O. The normalized spacial score (nSPS) is 20.6. The van der Waals surface area contributed by atoms with E-state index in [1.54, 1.807) is 13.1 Å². The van der Waals surface area contributed by atoms with Gasteiger partial charge in [-0.25, -0.2) is 9.97 Å². The first-order valence-corrected chi connectivity index (χ1v) is 10.00. The number of rotatable bonds is 3. The molecular weight excluding hydrogens is 338 g/mol. The van der Waals surface area contributed by atoms with Crippen molar-refractivity contribution in [3.63, 3.8) is 0 Å². The highest BCUT2D eigenvalue weighted by Gasteiger charge is 2.27. The molecule has 0 unspecified atom stereocenters. The minimum absolute atomic E-state index is 0.146. The van der Waals surface area contributed by atoms with E-state index in [9.17, 15) is 4.79 Å². The zero-order valence-corrected chi connectivity index (χ0v) is 16.0. The molecule has 6 nitrogen and oxygen atoms in total. The van der Waals surface area contributed by atoms with Gasteiger partial charge >= 0.3 is 0 Å². The number of aromatic nitrogens is 3. The van der Waals surface area contributed by atoms with Gasteiger partial charge in [0.1, 0.15) is 0 Å². The average Bonchev–Trinajstić information content (AvgIpc) is 2.74. The fourth-order valence-electron chi connectivity index (χ4n) is 4.17. The van der Waals surface area contributed by atoms with E-state index in [0.717, 1.165) is 61.8 Å². The molecule has 142 valence electrons. The van der Waals surface area contributed by atoms with Crippen LogP contribution < -0.4 is 4.90 Å². The van der Waals surface area contributed by atoms with Crippen molar-refractivity contribution in [1.82, 2.24) is 19.9 Å². The highest BCUT2D eigenvalue weighted by molar-refractivity contribution is 5.73. The van der Waals surface area contributed by atoms with Gasteiger partial charge in [0, 0.05) is 68.7 Å². The molecule has 0 spiro atoms. The van der Waals surface area contributed by atoms with E-state index in [0.29, 0.717) is 0 Å². The molecule has 2 fully saturated rings. The van der Waals surface area contributed by atoms with Gasteiger partial charge in [-0.15, -0.1) is 0 Å². The predicted octanol–water partition coefficient (Wildman–Crippen LogP) is 3.25. The summed E-state index contributed by atoms with van der Waals surface area (Å²) in [5.41, 5.74) is 3.14. The Morgan fingerprint density at radius 1 is 1.11 bits per heavy atom. The molecule has 27 heavy (non-hydrogen) atoms. The number of likely N-dealkylation sites (tertiary alicyclic amines) is 1. The van der Waals surface area contributed by atoms with E-state index in [1.165, 1.54) is 19.3 Å². The lowest BCUT2D eigenvalue weighted by molar-refractivity contribution is -0.130. The number of anilines is 1. The molecule has 1 atom stereocenters. The van der Waals surface area contributed by atoms with Crippen LogP contribution >= 0.6 is 0 Å². The third kappa shape index (κ3) is 3.94. The Kier molecular flexibility index (Phi) is 5.32. The van der Waals surface area contributed by atoms with Crippen molar-refractivity contribution < 1.29 is 4.79 Å². The number of carbonyl (C=O) groups excluding carboxylic acids is 1.